The summed E-state index contributed by atoms with van der Waals surface area (Å²) in [6.45, 7) is 10.3. The second-order valence-corrected chi connectivity index (χ2v) is 6.72. The van der Waals surface area contributed by atoms with E-state index in [1.165, 1.54) is 19.2 Å². The number of aromatic nitrogens is 1. The molecule has 0 amide bonds. The summed E-state index contributed by atoms with van der Waals surface area (Å²) in [6, 6.07) is 3.10. The molecule has 0 aliphatic heterocycles. The van der Waals surface area contributed by atoms with Crippen LogP contribution in [0.25, 0.3) is 0 Å². The molecule has 0 bridgehead atoms. The molecule has 30 heavy (non-hydrogen) atoms. The summed E-state index contributed by atoms with van der Waals surface area (Å²) in [5.41, 5.74) is 0.618. The molecular weight excluding hydrogens is 415 g/mol. The summed E-state index contributed by atoms with van der Waals surface area (Å²) in [4.78, 5) is 8.35. The Morgan fingerprint density at radius 3 is 2.40 bits per heavy atom. The van der Waals surface area contributed by atoms with E-state index in [4.69, 9.17) is 21.7 Å². The van der Waals surface area contributed by atoms with E-state index in [1.54, 1.807) is 19.9 Å². The van der Waals surface area contributed by atoms with Crippen LogP contribution in [0.5, 0.6) is 5.75 Å². The van der Waals surface area contributed by atoms with Gasteiger partial charge in [0, 0.05) is 0 Å². The molecule has 1 rings (SSSR count). The third-order valence-corrected chi connectivity index (χ3v) is 4.27. The van der Waals surface area contributed by atoms with Crippen molar-refractivity contribution in [1.82, 2.24) is 4.98 Å². The maximum absolute atomic E-state index is 13.3. The number of rotatable bonds is 8. The quantitative estimate of drug-likeness (QED) is 0.201. The van der Waals surface area contributed by atoms with Crippen LogP contribution < -0.4 is 4.74 Å². The summed E-state index contributed by atoms with van der Waals surface area (Å²) >= 11 is 5.78. The van der Waals surface area contributed by atoms with Crippen LogP contribution in [0, 0.1) is 5.41 Å². The molecule has 0 unspecified atom stereocenters. The highest BCUT2D eigenvalue weighted by Gasteiger charge is 2.31. The molecule has 0 fully saturated rings. The smallest absolute Gasteiger partial charge is 0.416 e. The number of allylic oxidation sites excluding steroid dienone is 6. The summed E-state index contributed by atoms with van der Waals surface area (Å²) in [5, 5.41) is 8.46. The summed E-state index contributed by atoms with van der Waals surface area (Å²) in [6.07, 6.45) is 0.731. The normalized spacial score (nSPS) is 14.3. The summed E-state index contributed by atoms with van der Waals surface area (Å²) < 4.78 is 45.6. The molecule has 0 atom stereocenters. The Bertz CT molecular complexity index is 895. The maximum atomic E-state index is 13.3. The van der Waals surface area contributed by atoms with Gasteiger partial charge >= 0.3 is 6.18 Å². The maximum Gasteiger partial charge on any atom is 0.416 e. The van der Waals surface area contributed by atoms with Crippen molar-refractivity contribution >= 4 is 23.2 Å². The number of alkyl halides is 3. The monoisotopic (exact) mass is 439 g/mol. The lowest BCUT2D eigenvalue weighted by Crippen LogP contribution is -2.20. The lowest BCUT2D eigenvalue weighted by molar-refractivity contribution is -0.0882. The minimum Gasteiger partial charge on any atom is -0.436 e. The summed E-state index contributed by atoms with van der Waals surface area (Å²) in [5.74, 6) is 0.299. The van der Waals surface area contributed by atoms with Crippen molar-refractivity contribution in [3.63, 3.8) is 0 Å². The van der Waals surface area contributed by atoms with Gasteiger partial charge in [-0.15, -0.1) is 0 Å². The fraction of sp³-hybridized carbons (Fsp3) is 0.318. The zero-order valence-electron chi connectivity index (χ0n) is 17.4. The Labute approximate surface area is 180 Å². The van der Waals surface area contributed by atoms with Gasteiger partial charge in [-0.3, -0.25) is 5.41 Å². The summed E-state index contributed by atoms with van der Waals surface area (Å²) in [7, 11) is 0. The van der Waals surface area contributed by atoms with Crippen LogP contribution >= 0.6 is 11.6 Å². The van der Waals surface area contributed by atoms with Crippen molar-refractivity contribution in [3.8, 4) is 5.75 Å². The molecule has 0 saturated heterocycles. The van der Waals surface area contributed by atoms with E-state index >= 15 is 0 Å². The Kier molecular flexibility index (Phi) is 9.72. The third kappa shape index (κ3) is 7.63. The molecule has 0 aromatic carbocycles. The van der Waals surface area contributed by atoms with E-state index < -0.39 is 11.7 Å². The Balaban J connectivity index is 3.52. The predicted molar refractivity (Wildman–Crippen MR) is 116 cm³/mol. The number of nitrogens with zero attached hydrogens (tertiary/aromatic N) is 2. The van der Waals surface area contributed by atoms with Crippen LogP contribution in [0.4, 0.5) is 13.2 Å². The van der Waals surface area contributed by atoms with Crippen LogP contribution in [0.15, 0.2) is 70.5 Å². The van der Waals surface area contributed by atoms with Crippen LogP contribution in [-0.4, -0.2) is 22.8 Å². The molecule has 0 saturated carbocycles. The van der Waals surface area contributed by atoms with Crippen molar-refractivity contribution in [2.45, 2.75) is 46.7 Å². The van der Waals surface area contributed by atoms with Crippen LogP contribution in [-0.2, 0) is 0 Å². The largest absolute Gasteiger partial charge is 0.436 e. The van der Waals surface area contributed by atoms with E-state index in [0.717, 1.165) is 23.8 Å². The first kappa shape index (κ1) is 25.4. The molecule has 0 aliphatic carbocycles. The van der Waals surface area contributed by atoms with Gasteiger partial charge < -0.3 is 4.74 Å². The molecule has 0 spiro atoms. The highest BCUT2D eigenvalue weighted by molar-refractivity contribution is 6.38. The van der Waals surface area contributed by atoms with Crippen molar-refractivity contribution in [2.75, 3.05) is 0 Å². The molecule has 1 aromatic heterocycles. The van der Waals surface area contributed by atoms with E-state index in [-0.39, 0.29) is 16.8 Å². The van der Waals surface area contributed by atoms with Gasteiger partial charge in [-0.2, -0.15) is 13.2 Å². The van der Waals surface area contributed by atoms with Gasteiger partial charge in [0.05, 0.1) is 23.2 Å². The van der Waals surface area contributed by atoms with Gasteiger partial charge in [-0.05, 0) is 56.0 Å². The third-order valence-electron chi connectivity index (χ3n) is 4.04. The number of pyridine rings is 1. The molecule has 1 N–H and O–H groups in total. The fourth-order valence-electron chi connectivity index (χ4n) is 2.28. The molecule has 8 heteroatoms. The Morgan fingerprint density at radius 1 is 1.27 bits per heavy atom. The van der Waals surface area contributed by atoms with Crippen molar-refractivity contribution in [2.24, 2.45) is 4.99 Å². The van der Waals surface area contributed by atoms with Gasteiger partial charge in [0.25, 0.3) is 0 Å². The SMILES string of the molecule is C=C\C=C(/C=C(C)/C(N=C(Oc1ccc(Cl)nc1)C(=N)CC)=C(/C)CC)C(F)(F)F. The number of halogens is 4. The molecule has 1 heterocycles. The number of aliphatic imine (C=N–C) groups is 1. The van der Waals surface area contributed by atoms with Gasteiger partial charge in [0.1, 0.15) is 10.9 Å². The molecule has 4 nitrogen and oxygen atoms in total. The number of hydrogen-bond acceptors (Lipinski definition) is 4. The number of nitrogens with one attached hydrogen (secondary N) is 1. The average Bonchev–Trinajstić information content (AvgIpc) is 2.70. The van der Waals surface area contributed by atoms with Gasteiger partial charge in [-0.25, -0.2) is 9.98 Å². The second kappa shape index (κ2) is 11.5. The van der Waals surface area contributed by atoms with E-state index in [9.17, 15) is 13.2 Å². The van der Waals surface area contributed by atoms with Gasteiger partial charge in [0.15, 0.2) is 0 Å². The molecule has 1 aromatic rings. The van der Waals surface area contributed by atoms with Crippen LogP contribution in [0.1, 0.15) is 40.5 Å². The Morgan fingerprint density at radius 2 is 1.93 bits per heavy atom. The first-order valence-electron chi connectivity index (χ1n) is 9.27. The number of hydrogen-bond donors (Lipinski definition) is 1. The second-order valence-electron chi connectivity index (χ2n) is 6.33. The van der Waals surface area contributed by atoms with Crippen LogP contribution in [0.2, 0.25) is 5.15 Å². The van der Waals surface area contributed by atoms with Gasteiger partial charge in [-0.1, -0.05) is 44.2 Å². The van der Waals surface area contributed by atoms with E-state index in [1.807, 2.05) is 6.92 Å². The fourth-order valence-corrected chi connectivity index (χ4v) is 2.39. The minimum atomic E-state index is -4.53. The standard InChI is InChI=1S/C22H25ClF3N3O/c1-6-9-16(22(24,25)26)12-15(5)20(14(4)7-2)29-21(18(27)8-3)30-17-10-11-19(23)28-13-17/h6,9-13,27H,1,7-8H2,2-5H3/b15-12+,16-9+,20-14+,27-18?,29-21?. The zero-order chi connectivity index (χ0) is 22.9. The van der Waals surface area contributed by atoms with E-state index in [0.29, 0.717) is 29.9 Å². The predicted octanol–water partition coefficient (Wildman–Crippen LogP) is 7.25. The lowest BCUT2D eigenvalue weighted by Gasteiger charge is -2.14. The highest BCUT2D eigenvalue weighted by Crippen LogP contribution is 2.30. The lowest BCUT2D eigenvalue weighted by atomic mass is 10.0. The molecule has 0 aliphatic rings. The van der Waals surface area contributed by atoms with Crippen molar-refractivity contribution in [1.29, 1.82) is 5.41 Å². The first-order chi connectivity index (χ1) is 14.0. The van der Waals surface area contributed by atoms with Crippen molar-refractivity contribution < 1.29 is 17.9 Å². The van der Waals surface area contributed by atoms with Gasteiger partial charge in [0.2, 0.25) is 5.90 Å². The highest BCUT2D eigenvalue weighted by atomic mass is 35.5. The minimum absolute atomic E-state index is 0.0153. The average molecular weight is 440 g/mol. The van der Waals surface area contributed by atoms with Crippen molar-refractivity contribution in [3.05, 3.63) is 70.7 Å². The first-order valence-corrected chi connectivity index (χ1v) is 9.65. The zero-order valence-corrected chi connectivity index (χ0v) is 18.2. The molecule has 162 valence electrons. The topological polar surface area (TPSA) is 58.3 Å². The number of ether oxygens (including phenoxy) is 1. The molecule has 0 radical (unpaired) electrons. The molecular formula is C22H25ClF3N3O. The van der Waals surface area contributed by atoms with Crippen LogP contribution in [0.3, 0.4) is 0 Å². The van der Waals surface area contributed by atoms with E-state index in [2.05, 4.69) is 16.6 Å². The Hall–Kier alpha value is -2.67.